The highest BCUT2D eigenvalue weighted by atomic mass is 35.5. The van der Waals surface area contributed by atoms with Gasteiger partial charge in [0, 0.05) is 24.3 Å². The number of pyridine rings is 1. The van der Waals surface area contributed by atoms with Crippen molar-refractivity contribution in [2.24, 2.45) is 0 Å². The molecule has 156 valence electrons. The Bertz CT molecular complexity index is 1330. The van der Waals surface area contributed by atoms with Crippen LogP contribution in [0.5, 0.6) is 0 Å². The van der Waals surface area contributed by atoms with Gasteiger partial charge in [0.05, 0.1) is 21.6 Å². The molecule has 0 fully saturated rings. The van der Waals surface area contributed by atoms with Crippen LogP contribution in [0.25, 0.3) is 16.7 Å². The smallest absolute Gasteiger partial charge is 0.367 e. The second-order valence-corrected chi connectivity index (χ2v) is 7.32. The first-order valence-corrected chi connectivity index (χ1v) is 9.43. The summed E-state index contributed by atoms with van der Waals surface area (Å²) in [6.45, 7) is 2.08. The SMILES string of the molecule is Cc1nnc2c(=O)n(CCNc3ncc(C(F)(F)F)cc3Cl)c3ccc(Cl)cc3n12. The second kappa shape index (κ2) is 7.44. The maximum atomic E-state index is 12.9. The Kier molecular flexibility index (Phi) is 5.07. The van der Waals surface area contributed by atoms with Gasteiger partial charge in [-0.2, -0.15) is 13.2 Å². The molecule has 3 heterocycles. The lowest BCUT2D eigenvalue weighted by molar-refractivity contribution is -0.137. The Hall–Kier alpha value is -2.85. The molecule has 30 heavy (non-hydrogen) atoms. The summed E-state index contributed by atoms with van der Waals surface area (Å²) in [5.41, 5.74) is 0.106. The number of hydrogen-bond acceptors (Lipinski definition) is 5. The number of nitrogens with one attached hydrogen (secondary N) is 1. The molecule has 3 aromatic heterocycles. The molecule has 0 aliphatic heterocycles. The largest absolute Gasteiger partial charge is 0.417 e. The molecule has 0 amide bonds. The molecule has 0 spiro atoms. The first-order valence-electron chi connectivity index (χ1n) is 8.67. The van der Waals surface area contributed by atoms with Crippen molar-refractivity contribution < 1.29 is 13.2 Å². The van der Waals surface area contributed by atoms with Crippen LogP contribution in [0.3, 0.4) is 0 Å². The van der Waals surface area contributed by atoms with E-state index in [0.29, 0.717) is 28.1 Å². The number of aromatic nitrogens is 5. The highest BCUT2D eigenvalue weighted by molar-refractivity contribution is 6.33. The van der Waals surface area contributed by atoms with E-state index in [2.05, 4.69) is 20.5 Å². The van der Waals surface area contributed by atoms with Gasteiger partial charge in [-0.1, -0.05) is 23.2 Å². The van der Waals surface area contributed by atoms with Crippen molar-refractivity contribution in [1.29, 1.82) is 0 Å². The Labute approximate surface area is 177 Å². The lowest BCUT2D eigenvalue weighted by Crippen LogP contribution is -2.26. The van der Waals surface area contributed by atoms with E-state index in [-0.39, 0.29) is 35.1 Å². The average Bonchev–Trinajstić information content (AvgIpc) is 3.07. The normalized spacial score (nSPS) is 12.1. The summed E-state index contributed by atoms with van der Waals surface area (Å²) in [4.78, 5) is 16.6. The molecule has 4 aromatic rings. The van der Waals surface area contributed by atoms with Crippen molar-refractivity contribution in [3.63, 3.8) is 0 Å². The summed E-state index contributed by atoms with van der Waals surface area (Å²) in [6.07, 6.45) is -3.84. The fourth-order valence-corrected chi connectivity index (χ4v) is 3.55. The quantitative estimate of drug-likeness (QED) is 0.498. The molecular weight excluding hydrogens is 444 g/mol. The molecule has 0 aliphatic rings. The van der Waals surface area contributed by atoms with Crippen LogP contribution in [0.4, 0.5) is 19.0 Å². The number of halogens is 5. The Morgan fingerprint density at radius 1 is 1.13 bits per heavy atom. The maximum Gasteiger partial charge on any atom is 0.417 e. The van der Waals surface area contributed by atoms with Crippen LogP contribution >= 0.6 is 23.2 Å². The fraction of sp³-hybridized carbons (Fsp3) is 0.222. The molecule has 1 N–H and O–H groups in total. The summed E-state index contributed by atoms with van der Waals surface area (Å²) in [6, 6.07) is 5.87. The highest BCUT2D eigenvalue weighted by Gasteiger charge is 2.31. The Morgan fingerprint density at radius 2 is 1.90 bits per heavy atom. The third-order valence-electron chi connectivity index (χ3n) is 4.53. The summed E-state index contributed by atoms with van der Waals surface area (Å²) in [7, 11) is 0. The summed E-state index contributed by atoms with van der Waals surface area (Å²) in [5, 5.41) is 11.1. The van der Waals surface area contributed by atoms with Gasteiger partial charge in [0.15, 0.2) is 0 Å². The number of aryl methyl sites for hydroxylation is 1. The van der Waals surface area contributed by atoms with E-state index in [0.717, 1.165) is 6.07 Å². The topological polar surface area (TPSA) is 77.1 Å². The molecule has 0 bridgehead atoms. The van der Waals surface area contributed by atoms with Crippen molar-refractivity contribution in [1.82, 2.24) is 24.1 Å². The van der Waals surface area contributed by atoms with Crippen molar-refractivity contribution in [3.8, 4) is 0 Å². The van der Waals surface area contributed by atoms with E-state index >= 15 is 0 Å². The predicted molar refractivity (Wildman–Crippen MR) is 107 cm³/mol. The molecule has 0 atom stereocenters. The Morgan fingerprint density at radius 3 is 2.60 bits per heavy atom. The van der Waals surface area contributed by atoms with Crippen LogP contribution in [0.2, 0.25) is 10.0 Å². The average molecular weight is 457 g/mol. The lowest BCUT2D eigenvalue weighted by atomic mass is 10.2. The summed E-state index contributed by atoms with van der Waals surface area (Å²) in [5.74, 6) is 0.629. The van der Waals surface area contributed by atoms with Crippen molar-refractivity contribution in [2.45, 2.75) is 19.6 Å². The number of anilines is 1. The van der Waals surface area contributed by atoms with Gasteiger partial charge in [-0.05, 0) is 31.2 Å². The van der Waals surface area contributed by atoms with Crippen LogP contribution < -0.4 is 10.9 Å². The number of fused-ring (bicyclic) bond motifs is 3. The molecule has 0 saturated carbocycles. The predicted octanol–water partition coefficient (Wildman–Crippen LogP) is 4.19. The maximum absolute atomic E-state index is 12.9. The van der Waals surface area contributed by atoms with E-state index in [9.17, 15) is 18.0 Å². The monoisotopic (exact) mass is 456 g/mol. The van der Waals surface area contributed by atoms with Gasteiger partial charge < -0.3 is 9.88 Å². The standard InChI is InChI=1S/C18H13Cl2F3N6O/c1-9-26-27-16-17(30)28(13-3-2-11(19)7-14(13)29(9)16)5-4-24-15-12(20)6-10(8-25-15)18(21,22)23/h2-3,6-8H,4-5H2,1H3,(H,24,25). The molecule has 4 rings (SSSR count). The van der Waals surface area contributed by atoms with Gasteiger partial charge >= 0.3 is 6.18 Å². The van der Waals surface area contributed by atoms with Crippen LogP contribution in [0.1, 0.15) is 11.4 Å². The van der Waals surface area contributed by atoms with Gasteiger partial charge in [-0.15, -0.1) is 10.2 Å². The van der Waals surface area contributed by atoms with Crippen LogP contribution in [-0.2, 0) is 12.7 Å². The molecule has 12 heteroatoms. The van der Waals surface area contributed by atoms with Crippen LogP contribution in [0.15, 0.2) is 35.3 Å². The Balaban J connectivity index is 1.66. The highest BCUT2D eigenvalue weighted by Crippen LogP contribution is 2.32. The summed E-state index contributed by atoms with van der Waals surface area (Å²) < 4.78 is 41.3. The van der Waals surface area contributed by atoms with Crippen molar-refractivity contribution in [3.05, 3.63) is 62.2 Å². The molecular formula is C18H13Cl2F3N6O. The molecule has 0 radical (unpaired) electrons. The first kappa shape index (κ1) is 20.4. The zero-order valence-electron chi connectivity index (χ0n) is 15.3. The lowest BCUT2D eigenvalue weighted by Gasteiger charge is -2.14. The van der Waals surface area contributed by atoms with E-state index in [1.165, 1.54) is 4.57 Å². The minimum Gasteiger partial charge on any atom is -0.367 e. The van der Waals surface area contributed by atoms with Gasteiger partial charge in [-0.25, -0.2) is 4.98 Å². The molecule has 1 aromatic carbocycles. The van der Waals surface area contributed by atoms with Gasteiger partial charge in [0.2, 0.25) is 5.65 Å². The molecule has 7 nitrogen and oxygen atoms in total. The van der Waals surface area contributed by atoms with Crippen molar-refractivity contribution >= 4 is 45.7 Å². The zero-order chi connectivity index (χ0) is 21.6. The molecule has 0 unspecified atom stereocenters. The van der Waals surface area contributed by atoms with E-state index in [4.69, 9.17) is 23.2 Å². The molecule has 0 saturated heterocycles. The third kappa shape index (κ3) is 3.56. The fourth-order valence-electron chi connectivity index (χ4n) is 3.15. The number of alkyl halides is 3. The third-order valence-corrected chi connectivity index (χ3v) is 5.05. The minimum absolute atomic E-state index is 0.0875. The summed E-state index contributed by atoms with van der Waals surface area (Å²) >= 11 is 12.0. The number of benzene rings is 1. The van der Waals surface area contributed by atoms with Gasteiger partial charge in [0.25, 0.3) is 5.56 Å². The first-order chi connectivity index (χ1) is 14.2. The number of hydrogen-bond donors (Lipinski definition) is 1. The van der Waals surface area contributed by atoms with Crippen LogP contribution in [0, 0.1) is 6.92 Å². The zero-order valence-corrected chi connectivity index (χ0v) is 16.8. The van der Waals surface area contributed by atoms with Gasteiger partial charge in [-0.3, -0.25) is 9.20 Å². The van der Waals surface area contributed by atoms with E-state index < -0.39 is 11.7 Å². The van der Waals surface area contributed by atoms with E-state index in [1.807, 2.05) is 0 Å². The number of nitrogens with zero attached hydrogens (tertiary/aromatic N) is 5. The van der Waals surface area contributed by atoms with E-state index in [1.54, 1.807) is 29.5 Å². The van der Waals surface area contributed by atoms with Crippen LogP contribution in [-0.4, -0.2) is 30.7 Å². The minimum atomic E-state index is -4.53. The second-order valence-electron chi connectivity index (χ2n) is 6.48. The number of rotatable bonds is 4. The van der Waals surface area contributed by atoms with Gasteiger partial charge in [0.1, 0.15) is 11.6 Å². The van der Waals surface area contributed by atoms with Crippen molar-refractivity contribution in [2.75, 3.05) is 11.9 Å². The molecule has 0 aliphatic carbocycles.